The quantitative estimate of drug-likeness (QED) is 0.147. The molecular weight excluding hydrogens is 922 g/mol. The molecule has 0 atom stereocenters. The second kappa shape index (κ2) is 20.2. The number of hydrogen-bond donors (Lipinski definition) is 0. The van der Waals surface area contributed by atoms with Gasteiger partial charge in [0.05, 0.1) is 42.3 Å². The molecule has 6 heterocycles. The zero-order valence-electron chi connectivity index (χ0n) is 37.5. The Balaban J connectivity index is 0.000000151. The van der Waals surface area contributed by atoms with Gasteiger partial charge in [-0.2, -0.15) is 0 Å². The van der Waals surface area contributed by atoms with E-state index >= 15 is 0 Å². The largest absolute Gasteiger partial charge is 0.465 e. The standard InChI is InChI=1S/C22H21Br2N3O2.C22H25N3O2.C6H15N/c1-29-22(28)14-8-9-15-16(12-14)26-10-5-11-27-20(24)19(23)25-21(27)18(26)17(15)13-6-3-2-4-7-13;1-27-22(26)16-8-9-17-18(14-16)25-12-5-11-24-13-10-23-21(24)20(25)19(17)15-6-3-2-4-7-15;1-4-7(5-2)6-3/h5,8-9,11-13H,2-4,6-7,10H2,1H3;8-10,13-15H,2-7,11-12H2,1H3;4-6H2,1-3H3. The zero-order valence-corrected chi connectivity index (χ0v) is 40.6. The van der Waals surface area contributed by atoms with Crippen molar-refractivity contribution in [3.8, 4) is 23.0 Å². The molecule has 63 heavy (non-hydrogen) atoms. The van der Waals surface area contributed by atoms with Crippen LogP contribution in [-0.4, -0.2) is 78.9 Å². The van der Waals surface area contributed by atoms with E-state index in [1.807, 2.05) is 30.5 Å². The van der Waals surface area contributed by atoms with Crippen molar-refractivity contribution >= 4 is 71.8 Å². The maximum atomic E-state index is 12.2. The van der Waals surface area contributed by atoms with Crippen molar-refractivity contribution in [2.75, 3.05) is 33.9 Å². The van der Waals surface area contributed by atoms with E-state index in [4.69, 9.17) is 19.4 Å². The lowest BCUT2D eigenvalue weighted by molar-refractivity contribution is 0.0592. The fourth-order valence-corrected chi connectivity index (χ4v) is 11.2. The Hall–Kier alpha value is -4.46. The number of aromatic nitrogens is 6. The smallest absolute Gasteiger partial charge is 0.337 e. The van der Waals surface area contributed by atoms with E-state index in [-0.39, 0.29) is 11.9 Å². The topological polar surface area (TPSA) is 101 Å². The van der Waals surface area contributed by atoms with Gasteiger partial charge in [0.1, 0.15) is 9.21 Å². The van der Waals surface area contributed by atoms with Gasteiger partial charge in [0.25, 0.3) is 0 Å². The van der Waals surface area contributed by atoms with Crippen LogP contribution in [0.25, 0.3) is 51.0 Å². The van der Waals surface area contributed by atoms with Crippen LogP contribution >= 0.6 is 31.9 Å². The molecule has 0 amide bonds. The monoisotopic (exact) mass is 981 g/mol. The van der Waals surface area contributed by atoms with E-state index < -0.39 is 0 Å². The minimum atomic E-state index is -0.308. The maximum Gasteiger partial charge on any atom is 0.337 e. The molecule has 0 saturated heterocycles. The fourth-order valence-electron chi connectivity index (χ4n) is 10.5. The van der Waals surface area contributed by atoms with Crippen LogP contribution < -0.4 is 0 Å². The van der Waals surface area contributed by atoms with E-state index in [9.17, 15) is 9.59 Å². The van der Waals surface area contributed by atoms with E-state index in [1.165, 1.54) is 126 Å². The molecule has 10 rings (SSSR count). The summed E-state index contributed by atoms with van der Waals surface area (Å²) in [6.07, 6.45) is 21.9. The highest BCUT2D eigenvalue weighted by Crippen LogP contribution is 2.47. The van der Waals surface area contributed by atoms with Gasteiger partial charge in [-0.15, -0.1) is 0 Å². The average Bonchev–Trinajstić information content (AvgIpc) is 4.01. The number of nitrogens with zero attached hydrogens (tertiary/aromatic N) is 7. The Morgan fingerprint density at radius 1 is 0.714 bits per heavy atom. The molecule has 2 aliphatic heterocycles. The van der Waals surface area contributed by atoms with Crippen molar-refractivity contribution in [2.45, 2.75) is 123 Å². The van der Waals surface area contributed by atoms with Gasteiger partial charge in [-0.1, -0.05) is 71.4 Å². The SMILES string of the molecule is CCN(CC)CC.COC(=O)c1ccc2c(C3CCCCC3)c3n(c2c1)CC=Cn1c-3nc(Br)c1Br.COC(=O)c1ccc2c(C3CCCCC3)c3n(c2c1)CCCn1ccnc1-3. The van der Waals surface area contributed by atoms with Crippen LogP contribution in [0, 0.1) is 0 Å². The predicted molar refractivity (Wildman–Crippen MR) is 259 cm³/mol. The van der Waals surface area contributed by atoms with Gasteiger partial charge in [-0.25, -0.2) is 19.6 Å². The lowest BCUT2D eigenvalue weighted by Crippen LogP contribution is -2.21. The van der Waals surface area contributed by atoms with E-state index in [0.717, 1.165) is 63.6 Å². The number of esters is 2. The van der Waals surface area contributed by atoms with Crippen LogP contribution in [0.1, 0.15) is 135 Å². The van der Waals surface area contributed by atoms with Gasteiger partial charge in [0, 0.05) is 54.5 Å². The van der Waals surface area contributed by atoms with E-state index in [2.05, 4.69) is 106 Å². The summed E-state index contributed by atoms with van der Waals surface area (Å²) in [5, 5.41) is 2.50. The van der Waals surface area contributed by atoms with Crippen molar-refractivity contribution in [1.82, 2.24) is 33.1 Å². The zero-order chi connectivity index (χ0) is 44.2. The maximum absolute atomic E-state index is 12.2. The Kier molecular flexibility index (Phi) is 14.4. The van der Waals surface area contributed by atoms with Gasteiger partial charge >= 0.3 is 11.9 Å². The number of aryl methyl sites for hydroxylation is 2. The number of carbonyl (C=O) groups is 2. The Morgan fingerprint density at radius 2 is 1.25 bits per heavy atom. The van der Waals surface area contributed by atoms with Crippen molar-refractivity contribution < 1.29 is 19.1 Å². The third kappa shape index (κ3) is 8.86. The van der Waals surface area contributed by atoms with Crippen LogP contribution in [0.15, 0.2) is 64.1 Å². The minimum absolute atomic E-state index is 0.276. The molecule has 2 fully saturated rings. The van der Waals surface area contributed by atoms with Crippen LogP contribution in [0.2, 0.25) is 0 Å². The molecule has 11 nitrogen and oxygen atoms in total. The van der Waals surface area contributed by atoms with Gasteiger partial charge in [-0.05, 0) is 137 Å². The Labute approximate surface area is 388 Å². The Bertz CT molecular complexity index is 2610. The van der Waals surface area contributed by atoms with Gasteiger partial charge < -0.3 is 28.1 Å². The molecule has 4 aromatic heterocycles. The van der Waals surface area contributed by atoms with E-state index in [0.29, 0.717) is 23.0 Å². The Morgan fingerprint density at radius 3 is 1.78 bits per heavy atom. The number of methoxy groups -OCH3 is 2. The molecule has 0 bridgehead atoms. The van der Waals surface area contributed by atoms with Gasteiger partial charge in [0.2, 0.25) is 0 Å². The molecular formula is C50H61Br2N7O4. The van der Waals surface area contributed by atoms with Crippen LogP contribution in [0.4, 0.5) is 0 Å². The highest BCUT2D eigenvalue weighted by atomic mass is 79.9. The molecule has 334 valence electrons. The first-order valence-electron chi connectivity index (χ1n) is 23.1. The summed E-state index contributed by atoms with van der Waals surface area (Å²) in [5.74, 6) is 2.49. The van der Waals surface area contributed by atoms with Crippen LogP contribution in [0.3, 0.4) is 0 Å². The molecule has 6 aromatic rings. The highest BCUT2D eigenvalue weighted by molar-refractivity contribution is 9.13. The average molecular weight is 984 g/mol. The second-order valence-electron chi connectivity index (χ2n) is 17.1. The summed E-state index contributed by atoms with van der Waals surface area (Å²) in [6, 6.07) is 12.0. The molecule has 13 heteroatoms. The normalized spacial score (nSPS) is 16.2. The first kappa shape index (κ1) is 45.1. The van der Waals surface area contributed by atoms with Crippen LogP contribution in [0.5, 0.6) is 0 Å². The summed E-state index contributed by atoms with van der Waals surface area (Å²) >= 11 is 7.23. The van der Waals surface area contributed by atoms with E-state index in [1.54, 1.807) is 0 Å². The third-order valence-corrected chi connectivity index (χ3v) is 15.5. The summed E-state index contributed by atoms with van der Waals surface area (Å²) in [5.41, 5.74) is 8.64. The number of benzene rings is 2. The molecule has 4 aliphatic rings. The minimum Gasteiger partial charge on any atom is -0.465 e. The number of allylic oxidation sites excluding steroid dienone is 1. The molecule has 2 aliphatic carbocycles. The lowest BCUT2D eigenvalue weighted by atomic mass is 9.82. The second-order valence-corrected chi connectivity index (χ2v) is 18.6. The summed E-state index contributed by atoms with van der Waals surface area (Å²) in [6.45, 7) is 12.8. The molecule has 2 saturated carbocycles. The van der Waals surface area contributed by atoms with Gasteiger partial charge in [-0.3, -0.25) is 4.57 Å². The molecule has 0 radical (unpaired) electrons. The molecule has 0 unspecified atom stereocenters. The molecule has 0 N–H and O–H groups in total. The summed E-state index contributed by atoms with van der Waals surface area (Å²) < 4.78 is 20.7. The molecule has 2 aromatic carbocycles. The number of rotatable bonds is 7. The number of fused-ring (bicyclic) bond motifs is 10. The van der Waals surface area contributed by atoms with Crippen molar-refractivity contribution in [2.24, 2.45) is 0 Å². The van der Waals surface area contributed by atoms with Crippen LogP contribution in [-0.2, 0) is 29.1 Å². The summed E-state index contributed by atoms with van der Waals surface area (Å²) in [7, 11) is 2.86. The fraction of sp³-hybridized carbons (Fsp3) is 0.480. The molecule has 0 spiro atoms. The van der Waals surface area contributed by atoms with Crippen molar-refractivity contribution in [3.05, 3.63) is 86.3 Å². The number of halogens is 2. The number of imidazole rings is 2. The summed E-state index contributed by atoms with van der Waals surface area (Å²) in [4.78, 5) is 36.2. The number of carbonyl (C=O) groups excluding carboxylic acids is 2. The predicted octanol–water partition coefficient (Wildman–Crippen LogP) is 12.4. The van der Waals surface area contributed by atoms with Gasteiger partial charge in [0.15, 0.2) is 11.6 Å². The number of hydrogen-bond acceptors (Lipinski definition) is 7. The highest BCUT2D eigenvalue weighted by Gasteiger charge is 2.32. The third-order valence-electron chi connectivity index (χ3n) is 13.7. The first-order chi connectivity index (χ1) is 30.7. The lowest BCUT2D eigenvalue weighted by Gasteiger charge is -2.23. The van der Waals surface area contributed by atoms with Crippen molar-refractivity contribution in [3.63, 3.8) is 0 Å². The first-order valence-corrected chi connectivity index (χ1v) is 24.6. The number of ether oxygens (including phenoxy) is 2. The van der Waals surface area contributed by atoms with Crippen molar-refractivity contribution in [1.29, 1.82) is 0 Å².